The number of methoxy groups -OCH3 is 1. The van der Waals surface area contributed by atoms with Gasteiger partial charge in [-0.2, -0.15) is 0 Å². The fraction of sp³-hybridized carbons (Fsp3) is 0.133. The molecule has 3 rings (SSSR count). The van der Waals surface area contributed by atoms with Crippen LogP contribution in [-0.4, -0.2) is 17.1 Å². The van der Waals surface area contributed by atoms with Crippen molar-refractivity contribution in [2.75, 3.05) is 7.11 Å². The molecule has 0 aliphatic carbocycles. The number of nitrogens with zero attached hydrogens (tertiary/aromatic N) is 1. The van der Waals surface area contributed by atoms with Crippen molar-refractivity contribution in [1.29, 1.82) is 0 Å². The summed E-state index contributed by atoms with van der Waals surface area (Å²) in [4.78, 5) is 8.04. The Morgan fingerprint density at radius 1 is 1.15 bits per heavy atom. The average molecular weight is 396 g/mol. The SMILES string of the molecule is COc1ccc(-c2nc3c(C)cc(Br)cc3[nH]2)cc1Br. The van der Waals surface area contributed by atoms with Gasteiger partial charge in [0.2, 0.25) is 0 Å². The van der Waals surface area contributed by atoms with E-state index in [1.165, 1.54) is 0 Å². The quantitative estimate of drug-likeness (QED) is 0.657. The Hall–Kier alpha value is -1.33. The fourth-order valence-corrected chi connectivity index (χ4v) is 3.31. The van der Waals surface area contributed by atoms with Crippen molar-refractivity contribution in [3.05, 3.63) is 44.8 Å². The number of imidazole rings is 1. The number of hydrogen-bond donors (Lipinski definition) is 1. The van der Waals surface area contributed by atoms with E-state index in [1.54, 1.807) is 7.11 Å². The van der Waals surface area contributed by atoms with Gasteiger partial charge in [0.05, 0.1) is 22.6 Å². The Morgan fingerprint density at radius 3 is 2.65 bits per heavy atom. The minimum absolute atomic E-state index is 0.809. The smallest absolute Gasteiger partial charge is 0.138 e. The molecule has 1 heterocycles. The van der Waals surface area contributed by atoms with Crippen LogP contribution in [0.2, 0.25) is 0 Å². The Morgan fingerprint density at radius 2 is 1.95 bits per heavy atom. The lowest BCUT2D eigenvalue weighted by Gasteiger charge is -2.04. The van der Waals surface area contributed by atoms with Crippen LogP contribution < -0.4 is 4.74 Å². The number of benzene rings is 2. The minimum atomic E-state index is 0.809. The van der Waals surface area contributed by atoms with E-state index in [1.807, 2.05) is 24.3 Å². The number of aromatic nitrogens is 2. The van der Waals surface area contributed by atoms with Crippen LogP contribution in [0.3, 0.4) is 0 Å². The van der Waals surface area contributed by atoms with Crippen LogP contribution in [0.15, 0.2) is 39.3 Å². The van der Waals surface area contributed by atoms with Crippen LogP contribution in [-0.2, 0) is 0 Å². The molecule has 3 aromatic rings. The van der Waals surface area contributed by atoms with E-state index < -0.39 is 0 Å². The number of ether oxygens (including phenoxy) is 1. The molecule has 0 unspecified atom stereocenters. The molecule has 0 aliphatic heterocycles. The highest BCUT2D eigenvalue weighted by Gasteiger charge is 2.10. The van der Waals surface area contributed by atoms with Crippen molar-refractivity contribution in [2.24, 2.45) is 0 Å². The number of aryl methyl sites for hydroxylation is 1. The van der Waals surface area contributed by atoms with Crippen molar-refractivity contribution in [3.63, 3.8) is 0 Å². The monoisotopic (exact) mass is 394 g/mol. The first-order chi connectivity index (χ1) is 9.58. The third kappa shape index (κ3) is 2.36. The number of fused-ring (bicyclic) bond motifs is 1. The molecule has 0 bridgehead atoms. The molecular formula is C15H12Br2N2O. The molecule has 102 valence electrons. The molecule has 1 N–H and O–H groups in total. The standard InChI is InChI=1S/C15H12Br2N2O/c1-8-5-10(16)7-12-14(8)19-15(18-12)9-3-4-13(20-2)11(17)6-9/h3-7H,1-2H3,(H,18,19). The number of halogens is 2. The lowest BCUT2D eigenvalue weighted by molar-refractivity contribution is 0.412. The van der Waals surface area contributed by atoms with Gasteiger partial charge in [0.25, 0.3) is 0 Å². The van der Waals surface area contributed by atoms with Gasteiger partial charge >= 0.3 is 0 Å². The van der Waals surface area contributed by atoms with E-state index in [-0.39, 0.29) is 0 Å². The molecular weight excluding hydrogens is 384 g/mol. The molecule has 1 aromatic heterocycles. The van der Waals surface area contributed by atoms with Crippen LogP contribution in [0.4, 0.5) is 0 Å². The average Bonchev–Trinajstić information content (AvgIpc) is 2.82. The molecule has 0 fully saturated rings. The zero-order chi connectivity index (χ0) is 14.3. The third-order valence-corrected chi connectivity index (χ3v) is 4.24. The Kier molecular flexibility index (Phi) is 3.56. The van der Waals surface area contributed by atoms with Crippen molar-refractivity contribution in [1.82, 2.24) is 9.97 Å². The van der Waals surface area contributed by atoms with Crippen LogP contribution in [0.25, 0.3) is 22.4 Å². The second-order valence-electron chi connectivity index (χ2n) is 4.55. The van der Waals surface area contributed by atoms with E-state index in [4.69, 9.17) is 4.74 Å². The van der Waals surface area contributed by atoms with Gasteiger partial charge in [-0.15, -0.1) is 0 Å². The van der Waals surface area contributed by atoms with E-state index in [0.717, 1.165) is 42.7 Å². The van der Waals surface area contributed by atoms with E-state index in [9.17, 15) is 0 Å². The maximum absolute atomic E-state index is 5.25. The number of H-pyrrole nitrogens is 1. The highest BCUT2D eigenvalue weighted by atomic mass is 79.9. The van der Waals surface area contributed by atoms with E-state index >= 15 is 0 Å². The summed E-state index contributed by atoms with van der Waals surface area (Å²) in [7, 11) is 1.65. The van der Waals surface area contributed by atoms with Gasteiger partial charge in [-0.3, -0.25) is 0 Å². The fourth-order valence-electron chi connectivity index (χ4n) is 2.20. The van der Waals surface area contributed by atoms with Gasteiger partial charge in [-0.1, -0.05) is 15.9 Å². The highest BCUT2D eigenvalue weighted by molar-refractivity contribution is 9.10. The molecule has 20 heavy (non-hydrogen) atoms. The Labute approximate surface area is 133 Å². The summed E-state index contributed by atoms with van der Waals surface area (Å²) in [6, 6.07) is 10.0. The molecule has 0 aliphatic rings. The van der Waals surface area contributed by atoms with Crippen molar-refractivity contribution in [3.8, 4) is 17.1 Å². The van der Waals surface area contributed by atoms with Crippen LogP contribution in [0, 0.1) is 6.92 Å². The summed E-state index contributed by atoms with van der Waals surface area (Å²) in [6.45, 7) is 2.06. The predicted octanol–water partition coefficient (Wildman–Crippen LogP) is 5.07. The number of nitrogens with one attached hydrogen (secondary N) is 1. The Bertz CT molecular complexity index is 796. The molecule has 0 saturated heterocycles. The summed E-state index contributed by atoms with van der Waals surface area (Å²) in [5.74, 6) is 1.66. The summed E-state index contributed by atoms with van der Waals surface area (Å²) in [5.41, 5.74) is 4.18. The molecule has 0 radical (unpaired) electrons. The highest BCUT2D eigenvalue weighted by Crippen LogP contribution is 2.31. The van der Waals surface area contributed by atoms with Crippen LogP contribution in [0.1, 0.15) is 5.56 Å². The molecule has 2 aromatic carbocycles. The molecule has 5 heteroatoms. The molecule has 0 amide bonds. The second-order valence-corrected chi connectivity index (χ2v) is 6.32. The van der Waals surface area contributed by atoms with Crippen molar-refractivity contribution < 1.29 is 4.74 Å². The van der Waals surface area contributed by atoms with Gasteiger partial charge < -0.3 is 9.72 Å². The Balaban J connectivity index is 2.15. The maximum Gasteiger partial charge on any atom is 0.138 e. The van der Waals surface area contributed by atoms with Gasteiger partial charge in [0, 0.05) is 10.0 Å². The van der Waals surface area contributed by atoms with Gasteiger partial charge in [0.1, 0.15) is 11.6 Å². The van der Waals surface area contributed by atoms with Gasteiger partial charge in [0.15, 0.2) is 0 Å². The van der Waals surface area contributed by atoms with Gasteiger partial charge in [-0.25, -0.2) is 4.98 Å². The van der Waals surface area contributed by atoms with Crippen molar-refractivity contribution >= 4 is 42.9 Å². The topological polar surface area (TPSA) is 37.9 Å². The molecule has 3 nitrogen and oxygen atoms in total. The number of rotatable bonds is 2. The lowest BCUT2D eigenvalue weighted by Crippen LogP contribution is -1.86. The molecule has 0 atom stereocenters. The second kappa shape index (κ2) is 5.22. The summed E-state index contributed by atoms with van der Waals surface area (Å²) in [6.07, 6.45) is 0. The zero-order valence-electron chi connectivity index (χ0n) is 11.0. The lowest BCUT2D eigenvalue weighted by atomic mass is 10.2. The number of aromatic amines is 1. The maximum atomic E-state index is 5.25. The predicted molar refractivity (Wildman–Crippen MR) is 88.2 cm³/mol. The first kappa shape index (κ1) is 13.6. The number of hydrogen-bond acceptors (Lipinski definition) is 2. The normalized spacial score (nSPS) is 11.0. The zero-order valence-corrected chi connectivity index (χ0v) is 14.2. The molecule has 0 spiro atoms. The summed E-state index contributed by atoms with van der Waals surface area (Å²) < 4.78 is 7.21. The van der Waals surface area contributed by atoms with Gasteiger partial charge in [-0.05, 0) is 58.7 Å². The van der Waals surface area contributed by atoms with Crippen molar-refractivity contribution in [2.45, 2.75) is 6.92 Å². The largest absolute Gasteiger partial charge is 0.496 e. The van der Waals surface area contributed by atoms with E-state index in [0.29, 0.717) is 0 Å². The van der Waals surface area contributed by atoms with Crippen LogP contribution in [0.5, 0.6) is 5.75 Å². The summed E-state index contributed by atoms with van der Waals surface area (Å²) >= 11 is 7.01. The van der Waals surface area contributed by atoms with Crippen LogP contribution >= 0.6 is 31.9 Å². The van der Waals surface area contributed by atoms with E-state index in [2.05, 4.69) is 54.8 Å². The third-order valence-electron chi connectivity index (χ3n) is 3.17. The summed E-state index contributed by atoms with van der Waals surface area (Å²) in [5, 5.41) is 0. The first-order valence-corrected chi connectivity index (χ1v) is 7.67. The molecule has 0 saturated carbocycles. The first-order valence-electron chi connectivity index (χ1n) is 6.08. The minimum Gasteiger partial charge on any atom is -0.496 e.